The standard InChI is InChI=1S/C11H12ClFN2/c12-10-7-8-3-1-4-9(13)11(8)15(10)6-2-5-14/h1,3-4,7H,2,5-6,14H2. The van der Waals surface area contributed by atoms with Gasteiger partial charge < -0.3 is 10.3 Å². The summed E-state index contributed by atoms with van der Waals surface area (Å²) in [4.78, 5) is 0. The molecule has 0 spiro atoms. The molecule has 0 saturated heterocycles. The van der Waals surface area contributed by atoms with Gasteiger partial charge in [0.2, 0.25) is 0 Å². The Bertz CT molecular complexity index is 479. The molecule has 2 N–H and O–H groups in total. The van der Waals surface area contributed by atoms with Crippen LogP contribution in [0.25, 0.3) is 10.9 Å². The van der Waals surface area contributed by atoms with Gasteiger partial charge in [-0.3, -0.25) is 0 Å². The topological polar surface area (TPSA) is 30.9 Å². The van der Waals surface area contributed by atoms with Crippen molar-refractivity contribution in [3.05, 3.63) is 35.2 Å². The first-order valence-corrected chi connectivity index (χ1v) is 5.25. The van der Waals surface area contributed by atoms with Crippen LogP contribution >= 0.6 is 11.6 Å². The minimum atomic E-state index is -0.239. The molecule has 0 radical (unpaired) electrons. The molecule has 80 valence electrons. The number of halogens is 2. The zero-order valence-electron chi connectivity index (χ0n) is 8.21. The van der Waals surface area contributed by atoms with Gasteiger partial charge in [0.1, 0.15) is 11.0 Å². The maximum absolute atomic E-state index is 13.6. The number of benzene rings is 1. The molecule has 2 aromatic rings. The van der Waals surface area contributed by atoms with Gasteiger partial charge in [-0.1, -0.05) is 23.7 Å². The smallest absolute Gasteiger partial charge is 0.147 e. The fourth-order valence-corrected chi connectivity index (χ4v) is 2.00. The van der Waals surface area contributed by atoms with Crippen LogP contribution in [-0.2, 0) is 6.54 Å². The summed E-state index contributed by atoms with van der Waals surface area (Å²) in [7, 11) is 0. The zero-order chi connectivity index (χ0) is 10.8. The molecule has 0 unspecified atom stereocenters. The summed E-state index contributed by atoms with van der Waals surface area (Å²) < 4.78 is 15.3. The normalized spacial score (nSPS) is 11.1. The number of rotatable bonds is 3. The second-order valence-electron chi connectivity index (χ2n) is 3.44. The van der Waals surface area contributed by atoms with Crippen LogP contribution in [0.15, 0.2) is 24.3 Å². The zero-order valence-corrected chi connectivity index (χ0v) is 8.97. The van der Waals surface area contributed by atoms with E-state index in [-0.39, 0.29) is 5.82 Å². The van der Waals surface area contributed by atoms with Crippen molar-refractivity contribution >= 4 is 22.5 Å². The van der Waals surface area contributed by atoms with E-state index in [9.17, 15) is 4.39 Å². The summed E-state index contributed by atoms with van der Waals surface area (Å²) >= 11 is 6.03. The average Bonchev–Trinajstić information content (AvgIpc) is 2.53. The lowest BCUT2D eigenvalue weighted by Gasteiger charge is -2.06. The van der Waals surface area contributed by atoms with Crippen LogP contribution in [0.3, 0.4) is 0 Å². The van der Waals surface area contributed by atoms with Gasteiger partial charge in [0.15, 0.2) is 0 Å². The minimum absolute atomic E-state index is 0.239. The predicted molar refractivity (Wildman–Crippen MR) is 60.6 cm³/mol. The van der Waals surface area contributed by atoms with Gasteiger partial charge in [0.25, 0.3) is 0 Å². The van der Waals surface area contributed by atoms with Gasteiger partial charge in [0, 0.05) is 11.9 Å². The molecule has 15 heavy (non-hydrogen) atoms. The van der Waals surface area contributed by atoms with Gasteiger partial charge in [-0.2, -0.15) is 0 Å². The third-order valence-electron chi connectivity index (χ3n) is 2.41. The van der Waals surface area contributed by atoms with E-state index in [2.05, 4.69) is 0 Å². The summed E-state index contributed by atoms with van der Waals surface area (Å²) in [5, 5.41) is 1.39. The first-order chi connectivity index (χ1) is 7.24. The molecule has 0 bridgehead atoms. The minimum Gasteiger partial charge on any atom is -0.330 e. The van der Waals surface area contributed by atoms with Crippen LogP contribution in [-0.4, -0.2) is 11.1 Å². The number of hydrogen-bond acceptors (Lipinski definition) is 1. The molecule has 1 aromatic heterocycles. The van der Waals surface area contributed by atoms with Crippen molar-refractivity contribution in [1.29, 1.82) is 0 Å². The molecule has 0 aliphatic carbocycles. The Labute approximate surface area is 92.4 Å². The predicted octanol–water partition coefficient (Wildman–Crippen LogP) is 2.78. The number of fused-ring (bicyclic) bond motifs is 1. The Balaban J connectivity index is 2.55. The Hall–Kier alpha value is -1.06. The largest absolute Gasteiger partial charge is 0.330 e. The number of hydrogen-bond donors (Lipinski definition) is 1. The first kappa shape index (κ1) is 10.5. The fourth-order valence-electron chi connectivity index (χ4n) is 1.71. The summed E-state index contributed by atoms with van der Waals surface area (Å²) in [6, 6.07) is 6.75. The Morgan fingerprint density at radius 3 is 2.93 bits per heavy atom. The van der Waals surface area contributed by atoms with Crippen LogP contribution in [0, 0.1) is 5.82 Å². The molecular formula is C11H12ClFN2. The van der Waals surface area contributed by atoms with Crippen LogP contribution in [0.5, 0.6) is 0 Å². The summed E-state index contributed by atoms with van der Waals surface area (Å²) in [5.74, 6) is -0.239. The number of aryl methyl sites for hydroxylation is 1. The van der Waals surface area contributed by atoms with Crippen molar-refractivity contribution in [3.63, 3.8) is 0 Å². The number of aromatic nitrogens is 1. The monoisotopic (exact) mass is 226 g/mol. The highest BCUT2D eigenvalue weighted by atomic mass is 35.5. The van der Waals surface area contributed by atoms with Gasteiger partial charge in [0.05, 0.1) is 5.52 Å². The third-order valence-corrected chi connectivity index (χ3v) is 2.72. The summed E-state index contributed by atoms with van der Waals surface area (Å²) in [6.07, 6.45) is 0.790. The van der Waals surface area contributed by atoms with Crippen molar-refractivity contribution in [2.45, 2.75) is 13.0 Å². The lowest BCUT2D eigenvalue weighted by atomic mass is 10.2. The van der Waals surface area contributed by atoms with Gasteiger partial charge in [-0.15, -0.1) is 0 Å². The Morgan fingerprint density at radius 1 is 1.40 bits per heavy atom. The molecule has 0 aliphatic rings. The summed E-state index contributed by atoms with van der Waals surface area (Å²) in [5.41, 5.74) is 5.99. The number of para-hydroxylation sites is 1. The van der Waals surface area contributed by atoms with Gasteiger partial charge >= 0.3 is 0 Å². The Kier molecular flexibility index (Phi) is 2.93. The highest BCUT2D eigenvalue weighted by Crippen LogP contribution is 2.25. The molecule has 0 amide bonds. The Morgan fingerprint density at radius 2 is 2.20 bits per heavy atom. The fraction of sp³-hybridized carbons (Fsp3) is 0.273. The molecule has 1 aromatic carbocycles. The molecule has 1 heterocycles. The maximum Gasteiger partial charge on any atom is 0.147 e. The van der Waals surface area contributed by atoms with Crippen LogP contribution in [0.1, 0.15) is 6.42 Å². The lowest BCUT2D eigenvalue weighted by molar-refractivity contribution is 0.613. The van der Waals surface area contributed by atoms with Crippen molar-refractivity contribution in [2.24, 2.45) is 5.73 Å². The van der Waals surface area contributed by atoms with E-state index < -0.39 is 0 Å². The molecule has 0 fully saturated rings. The van der Waals surface area contributed by atoms with Crippen molar-refractivity contribution in [3.8, 4) is 0 Å². The van der Waals surface area contributed by atoms with E-state index in [0.29, 0.717) is 23.8 Å². The van der Waals surface area contributed by atoms with Gasteiger partial charge in [-0.05, 0) is 25.1 Å². The van der Waals surface area contributed by atoms with Crippen molar-refractivity contribution < 1.29 is 4.39 Å². The van der Waals surface area contributed by atoms with E-state index in [1.54, 1.807) is 16.7 Å². The van der Waals surface area contributed by atoms with E-state index in [4.69, 9.17) is 17.3 Å². The number of nitrogens with zero attached hydrogens (tertiary/aromatic N) is 1. The van der Waals surface area contributed by atoms with Crippen LogP contribution in [0.4, 0.5) is 4.39 Å². The molecule has 2 nitrogen and oxygen atoms in total. The van der Waals surface area contributed by atoms with E-state index in [1.807, 2.05) is 6.07 Å². The number of nitrogens with two attached hydrogens (primary N) is 1. The lowest BCUT2D eigenvalue weighted by Crippen LogP contribution is -2.06. The first-order valence-electron chi connectivity index (χ1n) is 4.87. The quantitative estimate of drug-likeness (QED) is 0.857. The molecule has 4 heteroatoms. The molecular weight excluding hydrogens is 215 g/mol. The summed E-state index contributed by atoms with van der Waals surface area (Å²) in [6.45, 7) is 1.23. The van der Waals surface area contributed by atoms with Crippen LogP contribution in [0.2, 0.25) is 5.15 Å². The second-order valence-corrected chi connectivity index (χ2v) is 3.83. The second kappa shape index (κ2) is 4.21. The van der Waals surface area contributed by atoms with Crippen LogP contribution < -0.4 is 5.73 Å². The SMILES string of the molecule is NCCCn1c(Cl)cc2cccc(F)c21. The van der Waals surface area contributed by atoms with E-state index in [1.165, 1.54) is 6.07 Å². The third kappa shape index (κ3) is 1.85. The maximum atomic E-state index is 13.6. The van der Waals surface area contributed by atoms with Crippen molar-refractivity contribution in [2.75, 3.05) is 6.54 Å². The molecule has 0 aliphatic heterocycles. The molecule has 2 rings (SSSR count). The highest BCUT2D eigenvalue weighted by Gasteiger charge is 2.10. The van der Waals surface area contributed by atoms with E-state index in [0.717, 1.165) is 11.8 Å². The molecule has 0 saturated carbocycles. The average molecular weight is 227 g/mol. The van der Waals surface area contributed by atoms with Gasteiger partial charge in [-0.25, -0.2) is 4.39 Å². The highest BCUT2D eigenvalue weighted by molar-refractivity contribution is 6.30. The van der Waals surface area contributed by atoms with Crippen molar-refractivity contribution in [1.82, 2.24) is 4.57 Å². The van der Waals surface area contributed by atoms with E-state index >= 15 is 0 Å². The molecule has 0 atom stereocenters.